The second kappa shape index (κ2) is 5.47. The molecule has 4 nitrogen and oxygen atoms in total. The standard InChI is InChI=1S/C15H21NO3S/c1-12-2-6-15(7-3-12)20(17,18)16-9-8-14(10-16)19-11-13-4-5-13/h2-3,6-7,13-14H,4-5,8-11H2,1H3. The van der Waals surface area contributed by atoms with Gasteiger partial charge in [0.15, 0.2) is 0 Å². The van der Waals surface area contributed by atoms with Gasteiger partial charge in [0, 0.05) is 19.7 Å². The van der Waals surface area contributed by atoms with Gasteiger partial charge in [-0.05, 0) is 44.2 Å². The quantitative estimate of drug-likeness (QED) is 0.836. The summed E-state index contributed by atoms with van der Waals surface area (Å²) < 4.78 is 32.4. The van der Waals surface area contributed by atoms with Gasteiger partial charge in [0.25, 0.3) is 0 Å². The van der Waals surface area contributed by atoms with Gasteiger partial charge in [-0.1, -0.05) is 17.7 Å². The number of nitrogens with zero attached hydrogens (tertiary/aromatic N) is 1. The van der Waals surface area contributed by atoms with Crippen molar-refractivity contribution < 1.29 is 13.2 Å². The normalized spacial score (nSPS) is 24.1. The molecule has 1 atom stereocenters. The zero-order chi connectivity index (χ0) is 14.2. The van der Waals surface area contributed by atoms with Crippen LogP contribution < -0.4 is 0 Å². The summed E-state index contributed by atoms with van der Waals surface area (Å²) >= 11 is 0. The van der Waals surface area contributed by atoms with Gasteiger partial charge in [-0.25, -0.2) is 8.42 Å². The largest absolute Gasteiger partial charge is 0.377 e. The highest BCUT2D eigenvalue weighted by atomic mass is 32.2. The van der Waals surface area contributed by atoms with Crippen LogP contribution in [0.15, 0.2) is 29.2 Å². The third kappa shape index (κ3) is 3.05. The second-order valence-electron chi connectivity index (χ2n) is 5.86. The minimum absolute atomic E-state index is 0.0656. The van der Waals surface area contributed by atoms with Crippen molar-refractivity contribution in [2.45, 2.75) is 37.2 Å². The van der Waals surface area contributed by atoms with Crippen LogP contribution >= 0.6 is 0 Å². The van der Waals surface area contributed by atoms with E-state index in [0.29, 0.717) is 18.0 Å². The Morgan fingerprint density at radius 1 is 1.20 bits per heavy atom. The summed E-state index contributed by atoms with van der Waals surface area (Å²) in [5, 5.41) is 0. The molecule has 1 aromatic carbocycles. The molecule has 3 rings (SSSR count). The van der Waals surface area contributed by atoms with Crippen LogP contribution in [-0.4, -0.2) is 38.5 Å². The van der Waals surface area contributed by atoms with Gasteiger partial charge in [0.2, 0.25) is 10.0 Å². The second-order valence-corrected chi connectivity index (χ2v) is 7.80. The van der Waals surface area contributed by atoms with Gasteiger partial charge in [-0.3, -0.25) is 0 Å². The molecule has 20 heavy (non-hydrogen) atoms. The van der Waals surface area contributed by atoms with E-state index in [9.17, 15) is 8.42 Å². The molecule has 110 valence electrons. The molecular formula is C15H21NO3S. The van der Waals surface area contributed by atoms with Crippen molar-refractivity contribution in [2.24, 2.45) is 5.92 Å². The summed E-state index contributed by atoms with van der Waals surface area (Å²) in [5.41, 5.74) is 1.07. The SMILES string of the molecule is Cc1ccc(S(=O)(=O)N2CCC(OCC3CC3)C2)cc1. The summed E-state index contributed by atoms with van der Waals surface area (Å²) in [7, 11) is -3.36. The first-order valence-corrected chi connectivity index (χ1v) is 8.68. The number of hydrogen-bond acceptors (Lipinski definition) is 3. The fourth-order valence-corrected chi connectivity index (χ4v) is 3.95. The minimum atomic E-state index is -3.36. The molecule has 1 saturated heterocycles. The average molecular weight is 295 g/mol. The molecule has 1 aromatic rings. The van der Waals surface area contributed by atoms with Crippen LogP contribution in [-0.2, 0) is 14.8 Å². The van der Waals surface area contributed by atoms with Crippen LogP contribution in [0.5, 0.6) is 0 Å². The van der Waals surface area contributed by atoms with E-state index >= 15 is 0 Å². The Morgan fingerprint density at radius 3 is 2.55 bits per heavy atom. The van der Waals surface area contributed by atoms with Crippen molar-refractivity contribution in [3.8, 4) is 0 Å². The summed E-state index contributed by atoms with van der Waals surface area (Å²) in [5.74, 6) is 0.720. The Balaban J connectivity index is 1.64. The van der Waals surface area contributed by atoms with Crippen molar-refractivity contribution in [1.82, 2.24) is 4.31 Å². The maximum absolute atomic E-state index is 12.5. The van der Waals surface area contributed by atoms with Crippen LogP contribution in [0.3, 0.4) is 0 Å². The van der Waals surface area contributed by atoms with Crippen LogP contribution in [0.4, 0.5) is 0 Å². The van der Waals surface area contributed by atoms with Gasteiger partial charge in [-0.15, -0.1) is 0 Å². The lowest BCUT2D eigenvalue weighted by molar-refractivity contribution is 0.0561. The Hall–Kier alpha value is -0.910. The summed E-state index contributed by atoms with van der Waals surface area (Å²) in [6.45, 7) is 3.80. The Labute approximate surface area is 120 Å². The molecule has 1 saturated carbocycles. The van der Waals surface area contributed by atoms with E-state index in [1.165, 1.54) is 12.8 Å². The molecule has 0 radical (unpaired) electrons. The lowest BCUT2D eigenvalue weighted by atomic mass is 10.2. The molecule has 0 amide bonds. The van der Waals surface area contributed by atoms with E-state index in [4.69, 9.17) is 4.74 Å². The molecule has 1 aliphatic heterocycles. The van der Waals surface area contributed by atoms with Crippen molar-refractivity contribution in [1.29, 1.82) is 0 Å². The number of ether oxygens (including phenoxy) is 1. The molecule has 0 spiro atoms. The zero-order valence-electron chi connectivity index (χ0n) is 11.8. The fourth-order valence-electron chi connectivity index (χ4n) is 2.47. The third-order valence-corrected chi connectivity index (χ3v) is 5.91. The first kappa shape index (κ1) is 14.0. The minimum Gasteiger partial charge on any atom is -0.377 e. The molecule has 5 heteroatoms. The Kier molecular flexibility index (Phi) is 3.84. The van der Waals surface area contributed by atoms with E-state index in [0.717, 1.165) is 24.5 Å². The van der Waals surface area contributed by atoms with E-state index in [1.807, 2.05) is 19.1 Å². The summed E-state index contributed by atoms with van der Waals surface area (Å²) in [4.78, 5) is 0.381. The first-order chi connectivity index (χ1) is 9.55. The van der Waals surface area contributed by atoms with Gasteiger partial charge in [-0.2, -0.15) is 4.31 Å². The predicted molar refractivity (Wildman–Crippen MR) is 77.0 cm³/mol. The number of sulfonamides is 1. The maximum Gasteiger partial charge on any atom is 0.243 e. The van der Waals surface area contributed by atoms with Gasteiger partial charge in [0.05, 0.1) is 11.0 Å². The number of rotatable bonds is 5. The van der Waals surface area contributed by atoms with Crippen LogP contribution in [0.2, 0.25) is 0 Å². The Bertz CT molecular complexity index is 563. The molecule has 0 N–H and O–H groups in total. The van der Waals surface area contributed by atoms with Crippen molar-refractivity contribution >= 4 is 10.0 Å². The molecule has 2 aliphatic rings. The lowest BCUT2D eigenvalue weighted by Crippen LogP contribution is -2.30. The van der Waals surface area contributed by atoms with E-state index in [2.05, 4.69) is 0 Å². The van der Waals surface area contributed by atoms with Crippen LogP contribution in [0.1, 0.15) is 24.8 Å². The maximum atomic E-state index is 12.5. The molecule has 1 aliphatic carbocycles. The van der Waals surface area contributed by atoms with Crippen LogP contribution in [0, 0.1) is 12.8 Å². The van der Waals surface area contributed by atoms with Gasteiger partial charge >= 0.3 is 0 Å². The molecule has 0 bridgehead atoms. The van der Waals surface area contributed by atoms with Crippen molar-refractivity contribution in [3.63, 3.8) is 0 Å². The predicted octanol–water partition coefficient (Wildman–Crippen LogP) is 2.18. The zero-order valence-corrected chi connectivity index (χ0v) is 12.6. The van der Waals surface area contributed by atoms with E-state index in [-0.39, 0.29) is 6.10 Å². The highest BCUT2D eigenvalue weighted by Gasteiger charge is 2.34. The van der Waals surface area contributed by atoms with Crippen molar-refractivity contribution in [2.75, 3.05) is 19.7 Å². The monoisotopic (exact) mass is 295 g/mol. The van der Waals surface area contributed by atoms with Crippen LogP contribution in [0.25, 0.3) is 0 Å². The van der Waals surface area contributed by atoms with E-state index in [1.54, 1.807) is 16.4 Å². The number of hydrogen-bond donors (Lipinski definition) is 0. The summed E-state index contributed by atoms with van der Waals surface area (Å²) in [6, 6.07) is 7.04. The smallest absolute Gasteiger partial charge is 0.243 e. The van der Waals surface area contributed by atoms with Gasteiger partial charge < -0.3 is 4.74 Å². The molecule has 1 unspecified atom stereocenters. The van der Waals surface area contributed by atoms with Gasteiger partial charge in [0.1, 0.15) is 0 Å². The molecular weight excluding hydrogens is 274 g/mol. The van der Waals surface area contributed by atoms with E-state index < -0.39 is 10.0 Å². The summed E-state index contributed by atoms with van der Waals surface area (Å²) in [6.07, 6.45) is 3.39. The highest BCUT2D eigenvalue weighted by Crippen LogP contribution is 2.30. The molecule has 0 aromatic heterocycles. The Morgan fingerprint density at radius 2 is 1.90 bits per heavy atom. The lowest BCUT2D eigenvalue weighted by Gasteiger charge is -2.17. The molecule has 2 fully saturated rings. The first-order valence-electron chi connectivity index (χ1n) is 7.24. The van der Waals surface area contributed by atoms with Crippen molar-refractivity contribution in [3.05, 3.63) is 29.8 Å². The average Bonchev–Trinajstić information content (AvgIpc) is 3.13. The highest BCUT2D eigenvalue weighted by molar-refractivity contribution is 7.89. The third-order valence-electron chi connectivity index (χ3n) is 4.03. The number of aryl methyl sites for hydroxylation is 1. The molecule has 1 heterocycles. The fraction of sp³-hybridized carbons (Fsp3) is 0.600. The topological polar surface area (TPSA) is 46.6 Å². The number of benzene rings is 1.